The standard InChI is InChI=1S/C14H24N2O3/c17-13(18)14(4-8-19-11-14)10-15-5-2-7-16-6-1-3-12(16)9-15/h12H,1-11H2,(H,17,18). The molecule has 108 valence electrons. The van der Waals surface area contributed by atoms with Crippen molar-refractivity contribution in [1.29, 1.82) is 0 Å². The molecule has 3 rings (SSSR count). The van der Waals surface area contributed by atoms with Crippen LogP contribution in [0.1, 0.15) is 25.7 Å². The molecule has 0 bridgehead atoms. The monoisotopic (exact) mass is 268 g/mol. The van der Waals surface area contributed by atoms with E-state index < -0.39 is 11.4 Å². The molecule has 0 spiro atoms. The number of hydrogen-bond acceptors (Lipinski definition) is 4. The maximum atomic E-state index is 11.6. The Balaban J connectivity index is 1.66. The largest absolute Gasteiger partial charge is 0.481 e. The van der Waals surface area contributed by atoms with E-state index in [1.165, 1.54) is 25.9 Å². The predicted octanol–water partition coefficient (Wildman–Crippen LogP) is 0.648. The average molecular weight is 268 g/mol. The summed E-state index contributed by atoms with van der Waals surface area (Å²) in [5.74, 6) is -0.683. The molecule has 0 aliphatic carbocycles. The average Bonchev–Trinajstić information content (AvgIpc) is 2.97. The molecule has 0 radical (unpaired) electrons. The first kappa shape index (κ1) is 13.3. The number of nitrogens with zero attached hydrogens (tertiary/aromatic N) is 2. The van der Waals surface area contributed by atoms with Gasteiger partial charge in [0.15, 0.2) is 0 Å². The molecule has 0 amide bonds. The van der Waals surface area contributed by atoms with Crippen LogP contribution in [0.15, 0.2) is 0 Å². The number of ether oxygens (including phenoxy) is 1. The van der Waals surface area contributed by atoms with Gasteiger partial charge in [0.2, 0.25) is 0 Å². The zero-order chi connectivity index (χ0) is 13.3. The summed E-state index contributed by atoms with van der Waals surface area (Å²) >= 11 is 0. The minimum atomic E-state index is -0.683. The second-order valence-corrected chi connectivity index (χ2v) is 6.31. The number of rotatable bonds is 3. The summed E-state index contributed by atoms with van der Waals surface area (Å²) in [5.41, 5.74) is -0.659. The summed E-state index contributed by atoms with van der Waals surface area (Å²) in [4.78, 5) is 16.5. The summed E-state index contributed by atoms with van der Waals surface area (Å²) in [7, 11) is 0. The molecular weight excluding hydrogens is 244 g/mol. The van der Waals surface area contributed by atoms with Crippen LogP contribution in [0.2, 0.25) is 0 Å². The zero-order valence-corrected chi connectivity index (χ0v) is 11.5. The van der Waals surface area contributed by atoms with E-state index in [4.69, 9.17) is 4.74 Å². The Labute approximate surface area is 114 Å². The highest BCUT2D eigenvalue weighted by Crippen LogP contribution is 2.31. The minimum absolute atomic E-state index is 0.382. The van der Waals surface area contributed by atoms with Crippen molar-refractivity contribution < 1.29 is 14.6 Å². The molecule has 2 unspecified atom stereocenters. The van der Waals surface area contributed by atoms with Crippen LogP contribution in [0.4, 0.5) is 0 Å². The van der Waals surface area contributed by atoms with Gasteiger partial charge in [-0.2, -0.15) is 0 Å². The van der Waals surface area contributed by atoms with Crippen molar-refractivity contribution in [1.82, 2.24) is 9.80 Å². The van der Waals surface area contributed by atoms with Gasteiger partial charge < -0.3 is 14.7 Å². The number of hydrogen-bond donors (Lipinski definition) is 1. The maximum Gasteiger partial charge on any atom is 0.313 e. The molecule has 3 aliphatic heterocycles. The minimum Gasteiger partial charge on any atom is -0.481 e. The molecule has 3 saturated heterocycles. The van der Waals surface area contributed by atoms with E-state index in [0.717, 1.165) is 19.5 Å². The van der Waals surface area contributed by atoms with Gasteiger partial charge in [-0.05, 0) is 45.3 Å². The van der Waals surface area contributed by atoms with Crippen LogP contribution in [0, 0.1) is 5.41 Å². The van der Waals surface area contributed by atoms with Gasteiger partial charge >= 0.3 is 5.97 Å². The number of aliphatic carboxylic acids is 1. The lowest BCUT2D eigenvalue weighted by Crippen LogP contribution is -2.46. The van der Waals surface area contributed by atoms with E-state index in [-0.39, 0.29) is 0 Å². The number of fused-ring (bicyclic) bond motifs is 1. The summed E-state index contributed by atoms with van der Waals surface area (Å²) < 4.78 is 5.36. The van der Waals surface area contributed by atoms with Crippen molar-refractivity contribution in [2.75, 3.05) is 45.9 Å². The molecule has 5 nitrogen and oxygen atoms in total. The van der Waals surface area contributed by atoms with E-state index >= 15 is 0 Å². The third-order valence-corrected chi connectivity index (χ3v) is 4.97. The van der Waals surface area contributed by atoms with Gasteiger partial charge in [0.25, 0.3) is 0 Å². The Kier molecular flexibility index (Phi) is 3.78. The second-order valence-electron chi connectivity index (χ2n) is 6.31. The van der Waals surface area contributed by atoms with E-state index in [0.29, 0.717) is 32.2 Å². The Bertz CT molecular complexity index is 342. The molecule has 19 heavy (non-hydrogen) atoms. The number of carboxylic acid groups (broad SMARTS) is 1. The van der Waals surface area contributed by atoms with Gasteiger partial charge in [-0.15, -0.1) is 0 Å². The van der Waals surface area contributed by atoms with Crippen LogP contribution in [-0.4, -0.2) is 72.9 Å². The van der Waals surface area contributed by atoms with Crippen LogP contribution >= 0.6 is 0 Å². The maximum absolute atomic E-state index is 11.6. The highest BCUT2D eigenvalue weighted by molar-refractivity contribution is 5.75. The molecule has 0 saturated carbocycles. The summed E-state index contributed by atoms with van der Waals surface area (Å²) in [6, 6.07) is 0.649. The first-order chi connectivity index (χ1) is 9.20. The van der Waals surface area contributed by atoms with Gasteiger partial charge in [-0.1, -0.05) is 0 Å². The van der Waals surface area contributed by atoms with Crippen molar-refractivity contribution >= 4 is 5.97 Å². The molecule has 3 fully saturated rings. The molecule has 2 atom stereocenters. The van der Waals surface area contributed by atoms with Crippen LogP contribution in [0.5, 0.6) is 0 Å². The van der Waals surface area contributed by atoms with E-state index in [9.17, 15) is 9.90 Å². The Morgan fingerprint density at radius 1 is 1.32 bits per heavy atom. The van der Waals surface area contributed by atoms with Gasteiger partial charge in [-0.3, -0.25) is 9.69 Å². The Hall–Kier alpha value is -0.650. The lowest BCUT2D eigenvalue weighted by molar-refractivity contribution is -0.150. The molecule has 0 aromatic carbocycles. The summed E-state index contributed by atoms with van der Waals surface area (Å²) in [5, 5.41) is 9.54. The van der Waals surface area contributed by atoms with E-state index in [1.807, 2.05) is 0 Å². The fraction of sp³-hybridized carbons (Fsp3) is 0.929. The number of carboxylic acids is 1. The van der Waals surface area contributed by atoms with Crippen LogP contribution < -0.4 is 0 Å². The van der Waals surface area contributed by atoms with Gasteiger partial charge in [-0.25, -0.2) is 0 Å². The first-order valence-electron chi connectivity index (χ1n) is 7.47. The second kappa shape index (κ2) is 5.38. The van der Waals surface area contributed by atoms with Crippen LogP contribution in [-0.2, 0) is 9.53 Å². The molecule has 3 aliphatic rings. The highest BCUT2D eigenvalue weighted by Gasteiger charge is 2.44. The predicted molar refractivity (Wildman–Crippen MR) is 71.2 cm³/mol. The summed E-state index contributed by atoms with van der Waals surface area (Å²) in [6.07, 6.45) is 4.39. The number of carbonyl (C=O) groups is 1. The van der Waals surface area contributed by atoms with Crippen molar-refractivity contribution in [3.05, 3.63) is 0 Å². The third kappa shape index (κ3) is 2.64. The fourth-order valence-electron chi connectivity index (χ4n) is 3.82. The molecule has 3 heterocycles. The van der Waals surface area contributed by atoms with Crippen molar-refractivity contribution in [3.63, 3.8) is 0 Å². The Morgan fingerprint density at radius 3 is 2.89 bits per heavy atom. The molecule has 1 N–H and O–H groups in total. The smallest absolute Gasteiger partial charge is 0.313 e. The topological polar surface area (TPSA) is 53.0 Å². The van der Waals surface area contributed by atoms with Gasteiger partial charge in [0, 0.05) is 25.7 Å². The zero-order valence-electron chi connectivity index (χ0n) is 11.5. The molecule has 0 aromatic heterocycles. The molecular formula is C14H24N2O3. The van der Waals surface area contributed by atoms with Crippen LogP contribution in [0.3, 0.4) is 0 Å². The highest BCUT2D eigenvalue weighted by atomic mass is 16.5. The normalized spacial score (nSPS) is 37.2. The van der Waals surface area contributed by atoms with Crippen molar-refractivity contribution in [2.45, 2.75) is 31.7 Å². The Morgan fingerprint density at radius 2 is 2.16 bits per heavy atom. The van der Waals surface area contributed by atoms with Crippen molar-refractivity contribution in [3.8, 4) is 0 Å². The fourth-order valence-corrected chi connectivity index (χ4v) is 3.82. The van der Waals surface area contributed by atoms with Crippen molar-refractivity contribution in [2.24, 2.45) is 5.41 Å². The molecule has 0 aromatic rings. The third-order valence-electron chi connectivity index (χ3n) is 4.97. The van der Waals surface area contributed by atoms with Gasteiger partial charge in [0.1, 0.15) is 5.41 Å². The first-order valence-corrected chi connectivity index (χ1v) is 7.47. The van der Waals surface area contributed by atoms with Gasteiger partial charge in [0.05, 0.1) is 6.61 Å². The SMILES string of the molecule is O=C(O)C1(CN2CCCN3CCCC3C2)CCOC1. The van der Waals surface area contributed by atoms with E-state index in [1.54, 1.807) is 0 Å². The lowest BCUT2D eigenvalue weighted by Gasteiger charge is -2.32. The quantitative estimate of drug-likeness (QED) is 0.814. The van der Waals surface area contributed by atoms with E-state index in [2.05, 4.69) is 9.80 Å². The lowest BCUT2D eigenvalue weighted by atomic mass is 9.86. The molecule has 5 heteroatoms. The summed E-state index contributed by atoms with van der Waals surface area (Å²) in [6.45, 7) is 6.11. The van der Waals surface area contributed by atoms with Crippen LogP contribution in [0.25, 0.3) is 0 Å².